The third-order valence-corrected chi connectivity index (χ3v) is 2.04. The maximum absolute atomic E-state index is 10.4. The summed E-state index contributed by atoms with van der Waals surface area (Å²) < 4.78 is 0. The molecular formula is C10H14N4O3. The molecule has 1 rings (SSSR count). The zero-order valence-corrected chi connectivity index (χ0v) is 9.66. The predicted octanol–water partition coefficient (Wildman–Crippen LogP) is 0.740. The van der Waals surface area contributed by atoms with Crippen LogP contribution in [0, 0.1) is 10.1 Å². The van der Waals surface area contributed by atoms with Gasteiger partial charge in [0, 0.05) is 26.0 Å². The van der Waals surface area contributed by atoms with E-state index in [1.807, 2.05) is 6.07 Å². The molecule has 1 heterocycles. The average Bonchev–Trinajstić information content (AvgIpc) is 2.34. The topological polar surface area (TPSA) is 80.5 Å². The van der Waals surface area contributed by atoms with E-state index in [0.717, 1.165) is 11.8 Å². The molecule has 1 aromatic rings. The number of nitrogens with zero attached hydrogens (tertiary/aromatic N) is 3. The van der Waals surface area contributed by atoms with Crippen molar-refractivity contribution >= 4 is 0 Å². The van der Waals surface area contributed by atoms with Crippen molar-refractivity contribution in [3.8, 4) is 0 Å². The zero-order chi connectivity index (χ0) is 12.7. The minimum atomic E-state index is -0.541. The van der Waals surface area contributed by atoms with Crippen LogP contribution in [-0.4, -0.2) is 29.1 Å². The third kappa shape index (κ3) is 4.47. The summed E-state index contributed by atoms with van der Waals surface area (Å²) in [5, 5.41) is 14.6. The molecule has 1 aromatic heterocycles. The first kappa shape index (κ1) is 12.9. The lowest BCUT2D eigenvalue weighted by Crippen LogP contribution is -2.28. The number of aromatic nitrogens is 1. The van der Waals surface area contributed by atoms with Crippen LogP contribution >= 0.6 is 0 Å². The number of rotatable bonds is 6. The van der Waals surface area contributed by atoms with E-state index in [4.69, 9.17) is 4.84 Å². The van der Waals surface area contributed by atoms with Crippen molar-refractivity contribution in [2.24, 2.45) is 0 Å². The fourth-order valence-corrected chi connectivity index (χ4v) is 1.13. The Morgan fingerprint density at radius 1 is 1.76 bits per heavy atom. The maximum atomic E-state index is 10.4. The minimum Gasteiger partial charge on any atom is -0.361 e. The standard InChI is InChI=1S/C10H14N4O3/c1-13(17-2)10(8-14(15)16)12-7-9-4-3-5-11-6-9/h3-6,8,12H,7H2,1-2H3. The van der Waals surface area contributed by atoms with Crippen molar-refractivity contribution in [3.63, 3.8) is 0 Å². The summed E-state index contributed by atoms with van der Waals surface area (Å²) >= 11 is 0. The molecule has 0 spiro atoms. The highest BCUT2D eigenvalue weighted by Crippen LogP contribution is 2.01. The summed E-state index contributed by atoms with van der Waals surface area (Å²) in [4.78, 5) is 18.7. The second-order valence-corrected chi connectivity index (χ2v) is 3.19. The zero-order valence-electron chi connectivity index (χ0n) is 9.66. The number of nitrogens with one attached hydrogen (secondary N) is 1. The Kier molecular flexibility index (Phi) is 4.89. The fraction of sp³-hybridized carbons (Fsp3) is 0.300. The second-order valence-electron chi connectivity index (χ2n) is 3.19. The summed E-state index contributed by atoms with van der Waals surface area (Å²) in [5.41, 5.74) is 0.922. The molecule has 0 fully saturated rings. The van der Waals surface area contributed by atoms with Crippen LogP contribution in [0.15, 0.2) is 36.5 Å². The molecule has 0 unspecified atom stereocenters. The molecule has 0 atom stereocenters. The molecule has 0 aromatic carbocycles. The summed E-state index contributed by atoms with van der Waals surface area (Å²) in [6.07, 6.45) is 4.20. The Balaban J connectivity index is 2.65. The van der Waals surface area contributed by atoms with E-state index in [-0.39, 0.29) is 5.82 Å². The summed E-state index contributed by atoms with van der Waals surface area (Å²) in [6, 6.07) is 3.67. The highest BCUT2D eigenvalue weighted by atomic mass is 16.7. The van der Waals surface area contributed by atoms with Gasteiger partial charge in [-0.3, -0.25) is 19.9 Å². The van der Waals surface area contributed by atoms with Crippen molar-refractivity contribution < 1.29 is 9.76 Å². The molecule has 0 bridgehead atoms. The number of pyridine rings is 1. The lowest BCUT2D eigenvalue weighted by molar-refractivity contribution is -0.406. The first-order valence-corrected chi connectivity index (χ1v) is 4.89. The molecule has 0 aliphatic rings. The Morgan fingerprint density at radius 2 is 2.53 bits per heavy atom. The maximum Gasteiger partial charge on any atom is 0.276 e. The normalized spacial score (nSPS) is 11.1. The van der Waals surface area contributed by atoms with Crippen LogP contribution in [0.2, 0.25) is 0 Å². The third-order valence-electron chi connectivity index (χ3n) is 2.04. The van der Waals surface area contributed by atoms with Gasteiger partial charge >= 0.3 is 0 Å². The molecule has 0 aliphatic heterocycles. The van der Waals surface area contributed by atoms with Crippen molar-refractivity contribution in [3.05, 3.63) is 52.2 Å². The van der Waals surface area contributed by atoms with Crippen LogP contribution in [-0.2, 0) is 11.4 Å². The van der Waals surface area contributed by atoms with Gasteiger partial charge in [-0.1, -0.05) is 6.07 Å². The van der Waals surface area contributed by atoms with E-state index >= 15 is 0 Å². The van der Waals surface area contributed by atoms with Crippen LogP contribution in [0.3, 0.4) is 0 Å². The Labute approximate surface area is 98.8 Å². The van der Waals surface area contributed by atoms with Gasteiger partial charge in [0.15, 0.2) is 5.82 Å². The Bertz CT molecular complexity index is 394. The van der Waals surface area contributed by atoms with Crippen LogP contribution in [0.4, 0.5) is 0 Å². The first-order valence-electron chi connectivity index (χ1n) is 4.89. The van der Waals surface area contributed by atoms with Gasteiger partial charge in [0.25, 0.3) is 6.20 Å². The smallest absolute Gasteiger partial charge is 0.276 e. The van der Waals surface area contributed by atoms with E-state index in [0.29, 0.717) is 6.54 Å². The van der Waals surface area contributed by atoms with Crippen LogP contribution in [0.5, 0.6) is 0 Å². The van der Waals surface area contributed by atoms with Crippen LogP contribution in [0.25, 0.3) is 0 Å². The van der Waals surface area contributed by atoms with Crippen molar-refractivity contribution in [1.29, 1.82) is 0 Å². The number of hydrogen-bond donors (Lipinski definition) is 1. The molecule has 1 N–H and O–H groups in total. The van der Waals surface area contributed by atoms with Gasteiger partial charge in [-0.15, -0.1) is 0 Å². The minimum absolute atomic E-state index is 0.265. The van der Waals surface area contributed by atoms with Gasteiger partial charge in [-0.25, -0.2) is 5.06 Å². The summed E-state index contributed by atoms with van der Waals surface area (Å²) in [6.45, 7) is 0.432. The van der Waals surface area contributed by atoms with Crippen molar-refractivity contribution in [2.75, 3.05) is 14.2 Å². The molecule has 0 amide bonds. The Morgan fingerprint density at radius 3 is 3.06 bits per heavy atom. The quantitative estimate of drug-likeness (QED) is 0.581. The van der Waals surface area contributed by atoms with E-state index in [9.17, 15) is 10.1 Å². The van der Waals surface area contributed by atoms with E-state index in [2.05, 4.69) is 10.3 Å². The molecule has 7 nitrogen and oxygen atoms in total. The summed E-state index contributed by atoms with van der Waals surface area (Å²) in [7, 11) is 3.01. The van der Waals surface area contributed by atoms with E-state index < -0.39 is 4.92 Å². The molecule has 92 valence electrons. The summed E-state index contributed by atoms with van der Waals surface area (Å²) in [5.74, 6) is 0.265. The second kappa shape index (κ2) is 6.44. The molecule has 0 saturated heterocycles. The number of hydroxylamine groups is 2. The van der Waals surface area contributed by atoms with E-state index in [1.54, 1.807) is 25.5 Å². The largest absolute Gasteiger partial charge is 0.361 e. The van der Waals surface area contributed by atoms with Crippen molar-refractivity contribution in [1.82, 2.24) is 15.4 Å². The Hall–Kier alpha value is -2.15. The molecule has 0 saturated carbocycles. The number of hydrogen-bond acceptors (Lipinski definition) is 6. The lowest BCUT2D eigenvalue weighted by Gasteiger charge is -2.18. The van der Waals surface area contributed by atoms with Gasteiger partial charge in [-0.2, -0.15) is 0 Å². The SMILES string of the molecule is CON(C)C(=C[N+](=O)[O-])NCc1cccnc1. The van der Waals surface area contributed by atoms with Crippen molar-refractivity contribution in [2.45, 2.75) is 6.54 Å². The predicted molar refractivity (Wildman–Crippen MR) is 60.9 cm³/mol. The molecule has 7 heteroatoms. The van der Waals surface area contributed by atoms with Gasteiger partial charge in [0.2, 0.25) is 0 Å². The molecule has 0 radical (unpaired) electrons. The van der Waals surface area contributed by atoms with Crippen LogP contribution in [0.1, 0.15) is 5.56 Å². The lowest BCUT2D eigenvalue weighted by atomic mass is 10.3. The highest BCUT2D eigenvalue weighted by molar-refractivity contribution is 5.09. The van der Waals surface area contributed by atoms with Gasteiger partial charge < -0.3 is 5.32 Å². The molecule has 17 heavy (non-hydrogen) atoms. The fourth-order valence-electron chi connectivity index (χ4n) is 1.13. The van der Waals surface area contributed by atoms with E-state index in [1.165, 1.54) is 12.2 Å². The van der Waals surface area contributed by atoms with Crippen LogP contribution < -0.4 is 5.32 Å². The van der Waals surface area contributed by atoms with Gasteiger partial charge in [-0.05, 0) is 11.6 Å². The molecule has 0 aliphatic carbocycles. The van der Waals surface area contributed by atoms with Gasteiger partial charge in [0.1, 0.15) is 0 Å². The average molecular weight is 238 g/mol. The monoisotopic (exact) mass is 238 g/mol. The first-order chi connectivity index (χ1) is 8.13. The van der Waals surface area contributed by atoms with Gasteiger partial charge in [0.05, 0.1) is 12.0 Å². The number of nitro groups is 1. The molecular weight excluding hydrogens is 224 g/mol. The highest BCUT2D eigenvalue weighted by Gasteiger charge is 2.08.